The Labute approximate surface area is 142 Å². The fourth-order valence-electron chi connectivity index (χ4n) is 4.20. The fraction of sp³-hybridized carbons (Fsp3) is 0.556. The first-order valence-electron chi connectivity index (χ1n) is 8.64. The van der Waals surface area contributed by atoms with Gasteiger partial charge in [0.2, 0.25) is 11.8 Å². The summed E-state index contributed by atoms with van der Waals surface area (Å²) >= 11 is 0. The van der Waals surface area contributed by atoms with E-state index < -0.39 is 0 Å². The molecule has 6 nitrogen and oxygen atoms in total. The van der Waals surface area contributed by atoms with Crippen LogP contribution in [-0.4, -0.2) is 71.9 Å². The molecule has 0 saturated carbocycles. The van der Waals surface area contributed by atoms with Crippen LogP contribution < -0.4 is 4.74 Å². The van der Waals surface area contributed by atoms with E-state index in [1.165, 1.54) is 0 Å². The molecule has 6 heteroatoms. The third-order valence-corrected chi connectivity index (χ3v) is 5.44. The highest BCUT2D eigenvalue weighted by Crippen LogP contribution is 2.29. The molecule has 0 aliphatic carbocycles. The molecular formula is C18H23N3O3. The molecule has 128 valence electrons. The Balaban J connectivity index is 1.50. The molecule has 3 saturated heterocycles. The van der Waals surface area contributed by atoms with Crippen molar-refractivity contribution in [1.29, 1.82) is 0 Å². The lowest BCUT2D eigenvalue weighted by atomic mass is 10.0. The van der Waals surface area contributed by atoms with E-state index in [4.69, 9.17) is 4.74 Å². The third-order valence-electron chi connectivity index (χ3n) is 5.44. The standard InChI is InChI=1S/C18H23N3O3/c1-24-16-7-3-2-5-13(16)11-19-9-10-21-15(12-19)18(23)20-8-4-6-14(20)17(21)22/h2-3,5,7,14-15H,4,6,8-12H2,1H3/t14-,15+/m0/s1. The second-order valence-electron chi connectivity index (χ2n) is 6.78. The molecule has 24 heavy (non-hydrogen) atoms. The van der Waals surface area contributed by atoms with Crippen LogP contribution in [0.1, 0.15) is 18.4 Å². The molecule has 2 atom stereocenters. The van der Waals surface area contributed by atoms with Gasteiger partial charge < -0.3 is 14.5 Å². The largest absolute Gasteiger partial charge is 0.496 e. The van der Waals surface area contributed by atoms with Crippen LogP contribution in [0.5, 0.6) is 5.75 Å². The van der Waals surface area contributed by atoms with Crippen molar-refractivity contribution in [2.75, 3.05) is 33.3 Å². The van der Waals surface area contributed by atoms with Crippen LogP contribution in [0.2, 0.25) is 0 Å². The van der Waals surface area contributed by atoms with Crippen molar-refractivity contribution in [3.8, 4) is 5.75 Å². The Kier molecular flexibility index (Phi) is 3.92. The normalized spacial score (nSPS) is 27.2. The zero-order chi connectivity index (χ0) is 16.7. The molecule has 0 bridgehead atoms. The minimum absolute atomic E-state index is 0.127. The Hall–Kier alpha value is -2.08. The summed E-state index contributed by atoms with van der Waals surface area (Å²) < 4.78 is 5.42. The number of benzene rings is 1. The predicted octanol–water partition coefficient (Wildman–Crippen LogP) is 0.713. The summed E-state index contributed by atoms with van der Waals surface area (Å²) in [6.07, 6.45) is 1.76. The molecule has 0 unspecified atom stereocenters. The lowest BCUT2D eigenvalue weighted by Crippen LogP contribution is -2.68. The number of methoxy groups -OCH3 is 1. The summed E-state index contributed by atoms with van der Waals surface area (Å²) in [5.74, 6) is 1.14. The molecule has 3 heterocycles. The number of rotatable bonds is 3. The van der Waals surface area contributed by atoms with E-state index in [-0.39, 0.29) is 23.9 Å². The Morgan fingerprint density at radius 3 is 2.62 bits per heavy atom. The van der Waals surface area contributed by atoms with Gasteiger partial charge in [0.05, 0.1) is 7.11 Å². The van der Waals surface area contributed by atoms with Crippen LogP contribution in [0.3, 0.4) is 0 Å². The van der Waals surface area contributed by atoms with Crippen LogP contribution in [0.4, 0.5) is 0 Å². The molecule has 4 rings (SSSR count). The van der Waals surface area contributed by atoms with Gasteiger partial charge in [0, 0.05) is 38.3 Å². The lowest BCUT2D eigenvalue weighted by molar-refractivity contribution is -0.163. The number of hydrogen-bond acceptors (Lipinski definition) is 4. The minimum atomic E-state index is -0.324. The number of fused-ring (bicyclic) bond motifs is 2. The average molecular weight is 329 g/mol. The van der Waals surface area contributed by atoms with E-state index in [1.807, 2.05) is 23.1 Å². The van der Waals surface area contributed by atoms with E-state index >= 15 is 0 Å². The van der Waals surface area contributed by atoms with Crippen molar-refractivity contribution in [2.24, 2.45) is 0 Å². The predicted molar refractivity (Wildman–Crippen MR) is 88.5 cm³/mol. The van der Waals surface area contributed by atoms with Crippen LogP contribution >= 0.6 is 0 Å². The van der Waals surface area contributed by atoms with E-state index in [0.717, 1.165) is 43.8 Å². The molecule has 2 amide bonds. The van der Waals surface area contributed by atoms with E-state index in [9.17, 15) is 9.59 Å². The molecular weight excluding hydrogens is 306 g/mol. The van der Waals surface area contributed by atoms with Gasteiger partial charge in [-0.1, -0.05) is 18.2 Å². The Morgan fingerprint density at radius 1 is 1.04 bits per heavy atom. The fourth-order valence-corrected chi connectivity index (χ4v) is 4.20. The van der Waals surface area contributed by atoms with Gasteiger partial charge in [-0.05, 0) is 18.9 Å². The van der Waals surface area contributed by atoms with E-state index in [0.29, 0.717) is 13.1 Å². The molecule has 0 aromatic heterocycles. The maximum absolute atomic E-state index is 12.8. The third kappa shape index (κ3) is 2.45. The zero-order valence-electron chi connectivity index (χ0n) is 14.0. The number of ether oxygens (including phenoxy) is 1. The Morgan fingerprint density at radius 2 is 1.79 bits per heavy atom. The highest BCUT2D eigenvalue weighted by Gasteiger charge is 2.49. The molecule has 0 radical (unpaired) electrons. The molecule has 3 aliphatic heterocycles. The van der Waals surface area contributed by atoms with Gasteiger partial charge in [-0.2, -0.15) is 0 Å². The minimum Gasteiger partial charge on any atom is -0.496 e. The van der Waals surface area contributed by atoms with Gasteiger partial charge in [0.15, 0.2) is 0 Å². The number of piperazine rings is 2. The van der Waals surface area contributed by atoms with E-state index in [2.05, 4.69) is 11.0 Å². The second-order valence-corrected chi connectivity index (χ2v) is 6.78. The van der Waals surface area contributed by atoms with Crippen LogP contribution in [-0.2, 0) is 16.1 Å². The van der Waals surface area contributed by atoms with Crippen molar-refractivity contribution in [2.45, 2.75) is 31.5 Å². The number of hydrogen-bond donors (Lipinski definition) is 0. The summed E-state index contributed by atoms with van der Waals surface area (Å²) in [5, 5.41) is 0. The van der Waals surface area contributed by atoms with Crippen molar-refractivity contribution < 1.29 is 14.3 Å². The molecule has 0 N–H and O–H groups in total. The molecule has 3 aliphatic rings. The first-order chi connectivity index (χ1) is 11.7. The monoisotopic (exact) mass is 329 g/mol. The van der Waals surface area contributed by atoms with Crippen LogP contribution in [0.15, 0.2) is 24.3 Å². The number of carbonyl (C=O) groups is 2. The maximum Gasteiger partial charge on any atom is 0.247 e. The number of para-hydroxylation sites is 1. The summed E-state index contributed by atoms with van der Waals surface area (Å²) in [4.78, 5) is 31.3. The highest BCUT2D eigenvalue weighted by molar-refractivity contribution is 5.97. The van der Waals surface area contributed by atoms with Gasteiger partial charge in [-0.25, -0.2) is 0 Å². The van der Waals surface area contributed by atoms with Gasteiger partial charge in [-0.3, -0.25) is 14.5 Å². The van der Waals surface area contributed by atoms with Gasteiger partial charge in [0.1, 0.15) is 17.8 Å². The van der Waals surface area contributed by atoms with Crippen molar-refractivity contribution in [1.82, 2.24) is 14.7 Å². The van der Waals surface area contributed by atoms with Crippen LogP contribution in [0, 0.1) is 0 Å². The second kappa shape index (κ2) is 6.09. The topological polar surface area (TPSA) is 53.1 Å². The smallest absolute Gasteiger partial charge is 0.247 e. The first-order valence-corrected chi connectivity index (χ1v) is 8.64. The zero-order valence-corrected chi connectivity index (χ0v) is 14.0. The summed E-state index contributed by atoms with van der Waals surface area (Å²) in [5.41, 5.74) is 1.11. The number of amides is 2. The van der Waals surface area contributed by atoms with Crippen molar-refractivity contribution in [3.63, 3.8) is 0 Å². The number of nitrogens with zero attached hydrogens (tertiary/aromatic N) is 3. The van der Waals surface area contributed by atoms with E-state index in [1.54, 1.807) is 12.0 Å². The summed E-state index contributed by atoms with van der Waals surface area (Å²) in [6.45, 7) is 3.49. The van der Waals surface area contributed by atoms with Gasteiger partial charge in [0.25, 0.3) is 0 Å². The molecule has 0 spiro atoms. The SMILES string of the molecule is COc1ccccc1CN1CCN2C(=O)[C@@H]3CCCN3C(=O)[C@H]2C1. The quantitative estimate of drug-likeness (QED) is 0.820. The van der Waals surface area contributed by atoms with Gasteiger partial charge >= 0.3 is 0 Å². The van der Waals surface area contributed by atoms with Crippen molar-refractivity contribution in [3.05, 3.63) is 29.8 Å². The van der Waals surface area contributed by atoms with Gasteiger partial charge in [-0.15, -0.1) is 0 Å². The average Bonchev–Trinajstić information content (AvgIpc) is 3.10. The summed E-state index contributed by atoms with van der Waals surface area (Å²) in [6, 6.07) is 7.44. The summed E-state index contributed by atoms with van der Waals surface area (Å²) in [7, 11) is 1.67. The maximum atomic E-state index is 12.8. The molecule has 1 aromatic rings. The molecule has 1 aromatic carbocycles. The first kappa shape index (κ1) is 15.4. The number of carbonyl (C=O) groups excluding carboxylic acids is 2. The highest BCUT2D eigenvalue weighted by atomic mass is 16.5. The van der Waals surface area contributed by atoms with Crippen molar-refractivity contribution >= 4 is 11.8 Å². The molecule has 3 fully saturated rings. The lowest BCUT2D eigenvalue weighted by Gasteiger charge is -2.47. The Bertz CT molecular complexity index is 663. The van der Waals surface area contributed by atoms with Crippen LogP contribution in [0.25, 0.3) is 0 Å².